The van der Waals surface area contributed by atoms with Crippen molar-refractivity contribution in [3.63, 3.8) is 0 Å². The Bertz CT molecular complexity index is 958. The largest absolute Gasteiger partial charge is 0.489 e. The highest BCUT2D eigenvalue weighted by Crippen LogP contribution is 2.52. The van der Waals surface area contributed by atoms with Crippen molar-refractivity contribution < 1.29 is 23.7 Å². The summed E-state index contributed by atoms with van der Waals surface area (Å²) in [6, 6.07) is 1.44. The number of hydrogen-bond acceptors (Lipinski definition) is 6. The molecule has 0 saturated heterocycles. The summed E-state index contributed by atoms with van der Waals surface area (Å²) in [6.07, 6.45) is 0.655. The van der Waals surface area contributed by atoms with Gasteiger partial charge in [-0.05, 0) is 39.2 Å². The molecule has 6 heteroatoms. The van der Waals surface area contributed by atoms with Crippen LogP contribution in [-0.2, 0) is 17.8 Å². The van der Waals surface area contributed by atoms with Crippen molar-refractivity contribution >= 4 is 11.0 Å². The summed E-state index contributed by atoms with van der Waals surface area (Å²) in [6.45, 7) is 8.20. The molecule has 0 bridgehead atoms. The SMILES string of the molecule is COCc1cc(=O)oc2c3c(c4c(c12)OC(C)(C)CC4)O[C@@H](C)[C@H](C)[C@@H]3O. The maximum absolute atomic E-state index is 12.2. The number of ether oxygens (including phenoxy) is 3. The van der Waals surface area contributed by atoms with Crippen molar-refractivity contribution in [3.05, 3.63) is 33.2 Å². The van der Waals surface area contributed by atoms with Crippen molar-refractivity contribution in [2.45, 2.75) is 65.0 Å². The van der Waals surface area contributed by atoms with Crippen LogP contribution in [0.3, 0.4) is 0 Å². The van der Waals surface area contributed by atoms with E-state index in [1.165, 1.54) is 6.07 Å². The molecule has 1 aromatic carbocycles. The van der Waals surface area contributed by atoms with Gasteiger partial charge in [-0.15, -0.1) is 0 Å². The third-order valence-corrected chi connectivity index (χ3v) is 5.80. The van der Waals surface area contributed by atoms with Gasteiger partial charge in [-0.2, -0.15) is 0 Å². The number of rotatable bonds is 2. The molecule has 2 aromatic rings. The Hall–Kier alpha value is -2.05. The molecule has 146 valence electrons. The van der Waals surface area contributed by atoms with Gasteiger partial charge in [0.1, 0.15) is 23.2 Å². The highest BCUT2D eigenvalue weighted by Gasteiger charge is 2.41. The average molecular weight is 374 g/mol. The predicted molar refractivity (Wildman–Crippen MR) is 100 cm³/mol. The zero-order valence-corrected chi connectivity index (χ0v) is 16.4. The molecule has 0 radical (unpaired) electrons. The second-order valence-corrected chi connectivity index (χ2v) is 8.27. The van der Waals surface area contributed by atoms with Gasteiger partial charge in [0.25, 0.3) is 0 Å². The van der Waals surface area contributed by atoms with E-state index in [1.807, 2.05) is 27.7 Å². The Balaban J connectivity index is 2.14. The van der Waals surface area contributed by atoms with Crippen molar-refractivity contribution in [2.75, 3.05) is 7.11 Å². The molecular formula is C21H26O6. The monoisotopic (exact) mass is 374 g/mol. The number of fused-ring (bicyclic) bond motifs is 6. The molecule has 27 heavy (non-hydrogen) atoms. The Kier molecular flexibility index (Phi) is 4.24. The van der Waals surface area contributed by atoms with Gasteiger partial charge in [-0.3, -0.25) is 0 Å². The summed E-state index contributed by atoms with van der Waals surface area (Å²) < 4.78 is 23.5. The van der Waals surface area contributed by atoms with Crippen LogP contribution in [0, 0.1) is 5.92 Å². The highest BCUT2D eigenvalue weighted by atomic mass is 16.5. The number of hydrogen-bond donors (Lipinski definition) is 1. The molecule has 2 aliphatic heterocycles. The van der Waals surface area contributed by atoms with Crippen molar-refractivity contribution in [2.24, 2.45) is 5.92 Å². The summed E-state index contributed by atoms with van der Waals surface area (Å²) in [5.74, 6) is 1.14. The van der Waals surface area contributed by atoms with Crippen LogP contribution < -0.4 is 15.1 Å². The first-order valence-corrected chi connectivity index (χ1v) is 9.41. The fourth-order valence-corrected chi connectivity index (χ4v) is 4.08. The average Bonchev–Trinajstić information content (AvgIpc) is 2.58. The van der Waals surface area contributed by atoms with E-state index in [1.54, 1.807) is 7.11 Å². The number of methoxy groups -OCH3 is 1. The summed E-state index contributed by atoms with van der Waals surface area (Å²) >= 11 is 0. The van der Waals surface area contributed by atoms with Crippen LogP contribution in [0.25, 0.3) is 11.0 Å². The summed E-state index contributed by atoms with van der Waals surface area (Å²) in [5.41, 5.74) is 1.69. The minimum atomic E-state index is -0.785. The first-order chi connectivity index (χ1) is 12.7. The first-order valence-electron chi connectivity index (χ1n) is 9.41. The Morgan fingerprint density at radius 1 is 1.30 bits per heavy atom. The topological polar surface area (TPSA) is 78.1 Å². The van der Waals surface area contributed by atoms with Gasteiger partial charge in [0, 0.05) is 24.7 Å². The van der Waals surface area contributed by atoms with E-state index in [-0.39, 0.29) is 24.2 Å². The van der Waals surface area contributed by atoms with E-state index >= 15 is 0 Å². The molecular weight excluding hydrogens is 348 g/mol. The van der Waals surface area contributed by atoms with Gasteiger partial charge in [0.15, 0.2) is 5.58 Å². The smallest absolute Gasteiger partial charge is 0.336 e. The van der Waals surface area contributed by atoms with Crippen LogP contribution in [0.4, 0.5) is 0 Å². The highest BCUT2D eigenvalue weighted by molar-refractivity contribution is 5.94. The second-order valence-electron chi connectivity index (χ2n) is 8.27. The summed E-state index contributed by atoms with van der Waals surface area (Å²) in [5, 5.41) is 11.7. The molecule has 3 atom stereocenters. The quantitative estimate of drug-likeness (QED) is 0.811. The van der Waals surface area contributed by atoms with E-state index in [0.717, 1.165) is 18.4 Å². The Morgan fingerprint density at radius 2 is 2.04 bits per heavy atom. The van der Waals surface area contributed by atoms with Gasteiger partial charge >= 0.3 is 5.63 Å². The molecule has 6 nitrogen and oxygen atoms in total. The molecule has 0 unspecified atom stereocenters. The molecule has 2 aliphatic rings. The van der Waals surface area contributed by atoms with Crippen LogP contribution in [0.1, 0.15) is 56.9 Å². The standard InChI is InChI=1S/C21H26O6/c1-10-11(2)25-18-13-6-7-21(3,4)27-19(13)15-12(9-24-5)8-14(22)26-20(15)16(18)17(10)23/h8,10-11,17,23H,6-7,9H2,1-5H3/t10-,11-,17-/m0/s1. The van der Waals surface area contributed by atoms with Crippen LogP contribution in [0.2, 0.25) is 0 Å². The maximum atomic E-state index is 12.2. The lowest BCUT2D eigenvalue weighted by molar-refractivity contribution is 0.0151. The molecule has 0 aliphatic carbocycles. The Labute approximate surface area is 158 Å². The summed E-state index contributed by atoms with van der Waals surface area (Å²) in [7, 11) is 1.58. The van der Waals surface area contributed by atoms with Gasteiger partial charge in [0.05, 0.1) is 23.7 Å². The molecule has 0 amide bonds. The molecule has 0 fully saturated rings. The van der Waals surface area contributed by atoms with E-state index < -0.39 is 11.7 Å². The van der Waals surface area contributed by atoms with Crippen molar-refractivity contribution in [1.82, 2.24) is 0 Å². The van der Waals surface area contributed by atoms with Crippen molar-refractivity contribution in [3.8, 4) is 11.5 Å². The molecule has 0 saturated carbocycles. The van der Waals surface area contributed by atoms with E-state index in [9.17, 15) is 9.90 Å². The van der Waals surface area contributed by atoms with Gasteiger partial charge in [-0.1, -0.05) is 6.92 Å². The predicted octanol–water partition coefficient (Wildman–Crippen LogP) is 3.49. The van der Waals surface area contributed by atoms with E-state index in [0.29, 0.717) is 33.6 Å². The van der Waals surface area contributed by atoms with Crippen LogP contribution in [0.15, 0.2) is 15.3 Å². The first kappa shape index (κ1) is 18.3. The van der Waals surface area contributed by atoms with Gasteiger partial charge in [-0.25, -0.2) is 4.79 Å². The molecule has 0 spiro atoms. The minimum absolute atomic E-state index is 0.129. The maximum Gasteiger partial charge on any atom is 0.336 e. The lowest BCUT2D eigenvalue weighted by Gasteiger charge is -2.39. The zero-order valence-electron chi connectivity index (χ0n) is 16.4. The minimum Gasteiger partial charge on any atom is -0.489 e. The van der Waals surface area contributed by atoms with Crippen LogP contribution in [-0.4, -0.2) is 23.9 Å². The third kappa shape index (κ3) is 2.82. The molecule has 1 aromatic heterocycles. The van der Waals surface area contributed by atoms with E-state index in [2.05, 4.69) is 0 Å². The fraction of sp³-hybridized carbons (Fsp3) is 0.571. The fourth-order valence-electron chi connectivity index (χ4n) is 4.08. The Morgan fingerprint density at radius 3 is 2.74 bits per heavy atom. The zero-order chi connectivity index (χ0) is 19.5. The number of benzene rings is 1. The van der Waals surface area contributed by atoms with Gasteiger partial charge < -0.3 is 23.7 Å². The lowest BCUT2D eigenvalue weighted by atomic mass is 9.83. The van der Waals surface area contributed by atoms with E-state index in [4.69, 9.17) is 18.6 Å². The summed E-state index contributed by atoms with van der Waals surface area (Å²) in [4.78, 5) is 12.2. The molecule has 3 heterocycles. The second kappa shape index (κ2) is 6.24. The number of aliphatic hydroxyl groups excluding tert-OH is 1. The van der Waals surface area contributed by atoms with Crippen molar-refractivity contribution in [1.29, 1.82) is 0 Å². The normalized spacial score (nSPS) is 26.1. The van der Waals surface area contributed by atoms with Crippen LogP contribution >= 0.6 is 0 Å². The van der Waals surface area contributed by atoms with Gasteiger partial charge in [0.2, 0.25) is 0 Å². The number of aliphatic hydroxyl groups is 1. The van der Waals surface area contributed by atoms with Crippen LogP contribution in [0.5, 0.6) is 11.5 Å². The molecule has 4 rings (SSSR count). The molecule has 1 N–H and O–H groups in total. The lowest BCUT2D eigenvalue weighted by Crippen LogP contribution is -2.36. The third-order valence-electron chi connectivity index (χ3n) is 5.80.